The number of benzene rings is 2. The number of aromatic hydroxyl groups is 1. The number of hydrogen-bond acceptors (Lipinski definition) is 10. The number of aromatic amines is 1. The SMILES string of the molecule is COCc1ccncc1-c1[nH]c2ccc3cc2c1CC(C)(C)COC(=O)[C@@H]1CCCN(N1)C(=O)[C@@H](NC(=O)[C@H](C(C)C)N(C)C(=O)[C@@H]1NCC[C@@H]1C)Cc1cc(O)cc-3c1. The first-order valence-corrected chi connectivity index (χ1v) is 21.1. The number of nitrogens with zero attached hydrogens (tertiary/aromatic N) is 3. The minimum Gasteiger partial charge on any atom is -0.508 e. The number of carbonyl (C=O) groups excluding carboxylic acids is 4. The molecule has 60 heavy (non-hydrogen) atoms. The van der Waals surface area contributed by atoms with Gasteiger partial charge in [0, 0.05) is 61.4 Å². The van der Waals surface area contributed by atoms with Crippen LogP contribution in [0.25, 0.3) is 33.3 Å². The van der Waals surface area contributed by atoms with Gasteiger partial charge in [-0.3, -0.25) is 29.2 Å². The van der Waals surface area contributed by atoms with Crippen LogP contribution in [0.2, 0.25) is 0 Å². The van der Waals surface area contributed by atoms with Crippen LogP contribution in [-0.4, -0.2) is 107 Å². The number of esters is 1. The summed E-state index contributed by atoms with van der Waals surface area (Å²) in [6.45, 7) is 11.4. The maximum absolute atomic E-state index is 14.6. The Labute approximate surface area is 351 Å². The van der Waals surface area contributed by atoms with Crippen molar-refractivity contribution in [3.05, 3.63) is 71.5 Å². The second-order valence-electron chi connectivity index (χ2n) is 18.0. The van der Waals surface area contributed by atoms with Crippen molar-refractivity contribution in [3.63, 3.8) is 0 Å². The molecule has 2 saturated heterocycles. The minimum absolute atomic E-state index is 0.00712. The Morgan fingerprint density at radius 3 is 2.65 bits per heavy atom. The summed E-state index contributed by atoms with van der Waals surface area (Å²) in [5.41, 5.74) is 9.49. The topological polar surface area (TPSA) is 178 Å². The molecule has 0 saturated carbocycles. The number of likely N-dealkylation sites (N-methyl/N-ethyl adjacent to an activating group) is 1. The van der Waals surface area contributed by atoms with Crippen molar-refractivity contribution in [1.82, 2.24) is 35.9 Å². The third-order valence-electron chi connectivity index (χ3n) is 12.2. The highest BCUT2D eigenvalue weighted by atomic mass is 16.5. The number of ether oxygens (including phenoxy) is 2. The first-order valence-electron chi connectivity index (χ1n) is 21.1. The fourth-order valence-electron chi connectivity index (χ4n) is 9.07. The summed E-state index contributed by atoms with van der Waals surface area (Å²) in [5.74, 6) is -1.69. The maximum Gasteiger partial charge on any atom is 0.324 e. The lowest BCUT2D eigenvalue weighted by atomic mass is 9.84. The van der Waals surface area contributed by atoms with Crippen molar-refractivity contribution in [2.24, 2.45) is 17.3 Å². The smallest absolute Gasteiger partial charge is 0.324 e. The number of methoxy groups -OCH3 is 1. The van der Waals surface area contributed by atoms with Crippen molar-refractivity contribution in [2.75, 3.05) is 33.9 Å². The molecule has 2 fully saturated rings. The van der Waals surface area contributed by atoms with E-state index in [0.29, 0.717) is 38.0 Å². The molecule has 3 aliphatic heterocycles. The predicted octanol–water partition coefficient (Wildman–Crippen LogP) is 4.88. The Morgan fingerprint density at radius 1 is 1.12 bits per heavy atom. The van der Waals surface area contributed by atoms with Crippen LogP contribution < -0.4 is 16.1 Å². The average Bonchev–Trinajstić information content (AvgIpc) is 3.81. The summed E-state index contributed by atoms with van der Waals surface area (Å²) in [4.78, 5) is 66.0. The largest absolute Gasteiger partial charge is 0.508 e. The van der Waals surface area contributed by atoms with Crippen LogP contribution in [0.3, 0.4) is 0 Å². The van der Waals surface area contributed by atoms with E-state index in [1.165, 1.54) is 9.91 Å². The summed E-state index contributed by atoms with van der Waals surface area (Å²) in [7, 11) is 3.30. The molecular weight excluding hydrogens is 763 g/mol. The fourth-order valence-corrected chi connectivity index (χ4v) is 9.07. The number of aromatic nitrogens is 2. The zero-order valence-electron chi connectivity index (χ0n) is 35.8. The zero-order valence-corrected chi connectivity index (χ0v) is 35.8. The lowest BCUT2D eigenvalue weighted by Gasteiger charge is -2.37. The standard InChI is InChI=1S/C46H59N7O7/c1-26(2)41(52(6)44(57)39-27(3)12-15-48-39)42(55)50-38-19-28-17-31(20-32(54)18-28)29-10-11-36-33(21-29)34(40(49-36)35-23-47-14-13-30(35)24-59-7)22-46(4,5)25-60-45(58)37-9-8-16-53(51-37)43(38)56/h10-11,13-14,17-18,20-21,23,26-27,37-39,41,48-49,51,54H,8-9,12,15-16,19,22,24-25H2,1-7H3,(H,50,55)/t27-,37-,38-,39+,41-/m0/s1. The summed E-state index contributed by atoms with van der Waals surface area (Å²) in [6.07, 6.45) is 6.02. The van der Waals surface area contributed by atoms with Crippen LogP contribution in [-0.2, 0) is 48.1 Å². The Kier molecular flexibility index (Phi) is 12.6. The Hall–Kier alpha value is -5.31. The minimum atomic E-state index is -1.11. The third-order valence-corrected chi connectivity index (χ3v) is 12.2. The van der Waals surface area contributed by atoms with E-state index in [1.54, 1.807) is 32.5 Å². The fraction of sp³-hybridized carbons (Fsp3) is 0.500. The molecule has 14 nitrogen and oxygen atoms in total. The van der Waals surface area contributed by atoms with E-state index in [-0.39, 0.29) is 36.5 Å². The maximum atomic E-state index is 14.6. The molecule has 0 unspecified atom stereocenters. The molecule has 5 N–H and O–H groups in total. The van der Waals surface area contributed by atoms with Crippen LogP contribution in [0.15, 0.2) is 54.9 Å². The molecule has 2 aromatic carbocycles. The molecule has 4 aromatic rings. The van der Waals surface area contributed by atoms with E-state index in [0.717, 1.165) is 57.4 Å². The van der Waals surface area contributed by atoms with Gasteiger partial charge >= 0.3 is 5.97 Å². The molecule has 3 amide bonds. The van der Waals surface area contributed by atoms with Gasteiger partial charge in [-0.15, -0.1) is 0 Å². The van der Waals surface area contributed by atoms with Gasteiger partial charge in [0.05, 0.1) is 24.9 Å². The number of cyclic esters (lactones) is 1. The lowest BCUT2D eigenvalue weighted by Crippen LogP contribution is -2.62. The number of rotatable bonds is 8. The van der Waals surface area contributed by atoms with Gasteiger partial charge in [0.2, 0.25) is 11.8 Å². The van der Waals surface area contributed by atoms with E-state index >= 15 is 0 Å². The van der Waals surface area contributed by atoms with Crippen molar-refractivity contribution < 1.29 is 33.8 Å². The molecule has 0 spiro atoms. The highest BCUT2D eigenvalue weighted by Crippen LogP contribution is 2.39. The first kappa shape index (κ1) is 42.8. The molecular formula is C46H59N7O7. The number of H-pyrrole nitrogens is 1. The highest BCUT2D eigenvalue weighted by molar-refractivity contribution is 5.95. The number of hydrazine groups is 1. The van der Waals surface area contributed by atoms with E-state index in [2.05, 4.69) is 45.9 Å². The second kappa shape index (κ2) is 17.7. The van der Waals surface area contributed by atoms with E-state index in [1.807, 2.05) is 51.2 Å². The van der Waals surface area contributed by atoms with Crippen LogP contribution in [0.1, 0.15) is 70.6 Å². The lowest BCUT2D eigenvalue weighted by molar-refractivity contribution is -0.155. The van der Waals surface area contributed by atoms with Gasteiger partial charge in [0.1, 0.15) is 23.9 Å². The van der Waals surface area contributed by atoms with Crippen LogP contribution in [0.4, 0.5) is 0 Å². The Bertz CT molecular complexity index is 2250. The van der Waals surface area contributed by atoms with Crippen LogP contribution in [0.5, 0.6) is 5.75 Å². The number of amides is 3. The molecule has 6 bridgehead atoms. The molecule has 0 aliphatic carbocycles. The summed E-state index contributed by atoms with van der Waals surface area (Å²) in [6, 6.07) is 10.1. The number of carbonyl (C=O) groups is 4. The van der Waals surface area contributed by atoms with E-state index in [4.69, 9.17) is 9.47 Å². The number of phenols is 1. The third kappa shape index (κ3) is 9.05. The monoisotopic (exact) mass is 821 g/mol. The number of phenolic OH excluding ortho intramolecular Hbond substituents is 1. The number of hydrogen-bond donors (Lipinski definition) is 5. The number of pyridine rings is 1. The Balaban J connectivity index is 1.30. The average molecular weight is 822 g/mol. The van der Waals surface area contributed by atoms with Gasteiger partial charge in [-0.05, 0) is 102 Å². The first-order chi connectivity index (χ1) is 28.6. The normalized spacial score (nSPS) is 22.6. The van der Waals surface area contributed by atoms with E-state index < -0.39 is 47.4 Å². The van der Waals surface area contributed by atoms with Crippen molar-refractivity contribution in [2.45, 2.75) is 97.5 Å². The summed E-state index contributed by atoms with van der Waals surface area (Å²) >= 11 is 0. The van der Waals surface area contributed by atoms with Crippen molar-refractivity contribution in [3.8, 4) is 28.1 Å². The second-order valence-corrected chi connectivity index (χ2v) is 18.0. The molecule has 14 heteroatoms. The van der Waals surface area contributed by atoms with E-state index in [9.17, 15) is 24.3 Å². The van der Waals surface area contributed by atoms with Gasteiger partial charge < -0.3 is 35.1 Å². The van der Waals surface area contributed by atoms with Gasteiger partial charge in [-0.25, -0.2) is 5.43 Å². The summed E-state index contributed by atoms with van der Waals surface area (Å²) < 4.78 is 11.6. The predicted molar refractivity (Wildman–Crippen MR) is 228 cm³/mol. The van der Waals surface area contributed by atoms with Crippen molar-refractivity contribution >= 4 is 34.6 Å². The molecule has 0 radical (unpaired) electrons. The molecule has 5 heterocycles. The molecule has 5 atom stereocenters. The molecule has 320 valence electrons. The number of nitrogens with one attached hydrogen (secondary N) is 4. The quantitative estimate of drug-likeness (QED) is 0.154. The van der Waals surface area contributed by atoms with Gasteiger partial charge in [-0.2, -0.15) is 0 Å². The zero-order chi connectivity index (χ0) is 42.9. The highest BCUT2D eigenvalue weighted by Gasteiger charge is 2.40. The van der Waals surface area contributed by atoms with Gasteiger partial charge in [-0.1, -0.05) is 46.8 Å². The molecule has 2 aromatic heterocycles. The summed E-state index contributed by atoms with van der Waals surface area (Å²) in [5, 5.41) is 19.8. The van der Waals surface area contributed by atoms with Crippen LogP contribution >= 0.6 is 0 Å². The van der Waals surface area contributed by atoms with Gasteiger partial charge in [0.25, 0.3) is 5.91 Å². The van der Waals surface area contributed by atoms with Crippen LogP contribution in [0, 0.1) is 17.3 Å². The van der Waals surface area contributed by atoms with Gasteiger partial charge in [0.15, 0.2) is 0 Å². The number of fused-ring (bicyclic) bond motifs is 6. The molecule has 3 aliphatic rings. The van der Waals surface area contributed by atoms with Crippen molar-refractivity contribution in [1.29, 1.82) is 0 Å². The molecule has 7 rings (SSSR count). The Morgan fingerprint density at radius 2 is 1.92 bits per heavy atom.